The molecule has 0 spiro atoms. The van der Waals surface area contributed by atoms with Gasteiger partial charge in [-0.25, -0.2) is 4.98 Å². The number of imidazole rings is 1. The highest BCUT2D eigenvalue weighted by Gasteiger charge is 2.38. The van der Waals surface area contributed by atoms with E-state index in [0.29, 0.717) is 19.6 Å². The van der Waals surface area contributed by atoms with Crippen molar-refractivity contribution in [1.82, 2.24) is 24.6 Å². The molecule has 0 bridgehead atoms. The van der Waals surface area contributed by atoms with E-state index in [0.717, 1.165) is 17.9 Å². The number of nitrogens with zero attached hydrogens (tertiary/aromatic N) is 5. The highest BCUT2D eigenvalue weighted by atomic mass is 16.2. The minimum absolute atomic E-state index is 0.0261. The topological polar surface area (TPSA) is 87.1 Å². The third-order valence-corrected chi connectivity index (χ3v) is 4.34. The Balaban J connectivity index is 1.47. The van der Waals surface area contributed by atoms with Gasteiger partial charge >= 0.3 is 0 Å². The van der Waals surface area contributed by atoms with Crippen LogP contribution < -0.4 is 4.90 Å². The molecule has 1 N–H and O–H groups in total. The summed E-state index contributed by atoms with van der Waals surface area (Å²) in [5, 5.41) is 6.55. The minimum Gasteiger partial charge on any atom is -0.335 e. The SMILES string of the molecule is O=C(C1CC(=O)N(c2cn[nH]c2)C1)N1CCn2cncc2C1. The van der Waals surface area contributed by atoms with Gasteiger partial charge in [0, 0.05) is 38.4 Å². The zero-order chi connectivity index (χ0) is 15.1. The van der Waals surface area contributed by atoms with Crippen LogP contribution in [0.15, 0.2) is 24.9 Å². The van der Waals surface area contributed by atoms with Crippen molar-refractivity contribution in [3.8, 4) is 0 Å². The van der Waals surface area contributed by atoms with Gasteiger partial charge in [0.05, 0.1) is 36.4 Å². The molecule has 2 aromatic heterocycles. The van der Waals surface area contributed by atoms with E-state index < -0.39 is 0 Å². The van der Waals surface area contributed by atoms with Gasteiger partial charge < -0.3 is 14.4 Å². The van der Waals surface area contributed by atoms with Crippen LogP contribution >= 0.6 is 0 Å². The fourth-order valence-electron chi connectivity index (χ4n) is 3.14. The second kappa shape index (κ2) is 4.97. The van der Waals surface area contributed by atoms with Crippen molar-refractivity contribution >= 4 is 17.5 Å². The van der Waals surface area contributed by atoms with Gasteiger partial charge in [-0.2, -0.15) is 5.10 Å². The molecule has 0 aliphatic carbocycles. The summed E-state index contributed by atoms with van der Waals surface area (Å²) < 4.78 is 2.06. The maximum Gasteiger partial charge on any atom is 0.228 e. The van der Waals surface area contributed by atoms with Crippen molar-refractivity contribution in [3.63, 3.8) is 0 Å². The molecule has 1 unspecified atom stereocenters. The molecule has 8 nitrogen and oxygen atoms in total. The number of carbonyl (C=O) groups excluding carboxylic acids is 2. The minimum atomic E-state index is -0.281. The molecule has 22 heavy (non-hydrogen) atoms. The average Bonchev–Trinajstić information content (AvgIpc) is 3.25. The second-order valence-electron chi connectivity index (χ2n) is 5.70. The van der Waals surface area contributed by atoms with Crippen LogP contribution in [-0.2, 0) is 22.7 Å². The van der Waals surface area contributed by atoms with Crippen LogP contribution in [0.25, 0.3) is 0 Å². The molecule has 1 fully saturated rings. The van der Waals surface area contributed by atoms with E-state index in [2.05, 4.69) is 19.7 Å². The molecule has 4 rings (SSSR count). The number of hydrogen-bond donors (Lipinski definition) is 1. The molecule has 1 saturated heterocycles. The number of rotatable bonds is 2. The zero-order valence-corrected chi connectivity index (χ0v) is 12.0. The first-order valence-corrected chi connectivity index (χ1v) is 7.29. The molecule has 2 aliphatic rings. The summed E-state index contributed by atoms with van der Waals surface area (Å²) in [5.74, 6) is -0.259. The Morgan fingerprint density at radius 1 is 1.32 bits per heavy atom. The lowest BCUT2D eigenvalue weighted by molar-refractivity contribution is -0.137. The van der Waals surface area contributed by atoms with Crippen molar-refractivity contribution in [2.75, 3.05) is 18.0 Å². The number of H-pyrrole nitrogens is 1. The van der Waals surface area contributed by atoms with Crippen molar-refractivity contribution in [1.29, 1.82) is 0 Å². The quantitative estimate of drug-likeness (QED) is 0.846. The monoisotopic (exact) mass is 300 g/mol. The Labute approximate surface area is 126 Å². The Morgan fingerprint density at radius 2 is 2.23 bits per heavy atom. The second-order valence-corrected chi connectivity index (χ2v) is 5.70. The van der Waals surface area contributed by atoms with Crippen molar-refractivity contribution in [2.24, 2.45) is 5.92 Å². The molecule has 1 atom stereocenters. The van der Waals surface area contributed by atoms with Crippen LogP contribution in [0.4, 0.5) is 5.69 Å². The van der Waals surface area contributed by atoms with Crippen LogP contribution in [0.2, 0.25) is 0 Å². The lowest BCUT2D eigenvalue weighted by Crippen LogP contribution is -2.42. The fraction of sp³-hybridized carbons (Fsp3) is 0.429. The van der Waals surface area contributed by atoms with Crippen molar-refractivity contribution < 1.29 is 9.59 Å². The molecule has 8 heteroatoms. The molecule has 2 aromatic rings. The molecule has 2 amide bonds. The van der Waals surface area contributed by atoms with Gasteiger partial charge in [-0.1, -0.05) is 0 Å². The van der Waals surface area contributed by atoms with E-state index >= 15 is 0 Å². The summed E-state index contributed by atoms with van der Waals surface area (Å²) in [6.45, 7) is 2.41. The molecule has 0 radical (unpaired) electrons. The lowest BCUT2D eigenvalue weighted by atomic mass is 10.1. The highest BCUT2D eigenvalue weighted by Crippen LogP contribution is 2.26. The Kier molecular flexibility index (Phi) is 2.95. The molecule has 4 heterocycles. The Hall–Kier alpha value is -2.64. The standard InChI is InChI=1S/C14H16N6O2/c21-13-3-10(7-20(13)11-5-16-17-6-11)14(22)18-1-2-19-9-15-4-12(19)8-18/h4-6,9-10H,1-3,7-8H2,(H,16,17). The summed E-state index contributed by atoms with van der Waals surface area (Å²) in [6, 6.07) is 0. The average molecular weight is 300 g/mol. The Morgan fingerprint density at radius 3 is 3.05 bits per heavy atom. The summed E-state index contributed by atoms with van der Waals surface area (Å²) in [7, 11) is 0. The van der Waals surface area contributed by atoms with Gasteiger partial charge in [0.25, 0.3) is 0 Å². The number of fused-ring (bicyclic) bond motifs is 1. The van der Waals surface area contributed by atoms with Gasteiger partial charge in [0.1, 0.15) is 0 Å². The van der Waals surface area contributed by atoms with Crippen LogP contribution in [0, 0.1) is 5.92 Å². The lowest BCUT2D eigenvalue weighted by Gasteiger charge is -2.30. The molecule has 0 aromatic carbocycles. The first-order chi connectivity index (χ1) is 10.7. The van der Waals surface area contributed by atoms with E-state index in [1.54, 1.807) is 29.8 Å². The Bertz CT molecular complexity index is 707. The highest BCUT2D eigenvalue weighted by molar-refractivity contribution is 6.00. The van der Waals surface area contributed by atoms with E-state index in [1.807, 2.05) is 4.90 Å². The number of hydrogen-bond acceptors (Lipinski definition) is 4. The van der Waals surface area contributed by atoms with Crippen molar-refractivity contribution in [2.45, 2.75) is 19.5 Å². The predicted molar refractivity (Wildman–Crippen MR) is 76.7 cm³/mol. The smallest absolute Gasteiger partial charge is 0.228 e. The van der Waals surface area contributed by atoms with Gasteiger partial charge in [-0.15, -0.1) is 0 Å². The molecule has 2 aliphatic heterocycles. The number of amides is 2. The van der Waals surface area contributed by atoms with Gasteiger partial charge in [-0.05, 0) is 0 Å². The third kappa shape index (κ3) is 2.07. The largest absolute Gasteiger partial charge is 0.335 e. The van der Waals surface area contributed by atoms with Crippen LogP contribution in [0.3, 0.4) is 0 Å². The predicted octanol–water partition coefficient (Wildman–Crippen LogP) is 0.00150. The van der Waals surface area contributed by atoms with Crippen LogP contribution in [0.1, 0.15) is 12.1 Å². The van der Waals surface area contributed by atoms with Crippen LogP contribution in [-0.4, -0.2) is 49.6 Å². The van der Waals surface area contributed by atoms with E-state index in [1.165, 1.54) is 0 Å². The summed E-state index contributed by atoms with van der Waals surface area (Å²) in [6.07, 6.45) is 7.11. The summed E-state index contributed by atoms with van der Waals surface area (Å²) in [4.78, 5) is 32.4. The number of nitrogens with one attached hydrogen (secondary N) is 1. The summed E-state index contributed by atoms with van der Waals surface area (Å²) in [5.41, 5.74) is 1.76. The number of carbonyl (C=O) groups is 2. The normalized spacial score (nSPS) is 21.3. The fourth-order valence-corrected chi connectivity index (χ4v) is 3.14. The van der Waals surface area contributed by atoms with Gasteiger partial charge in [0.2, 0.25) is 11.8 Å². The summed E-state index contributed by atoms with van der Waals surface area (Å²) >= 11 is 0. The number of aromatic amines is 1. The van der Waals surface area contributed by atoms with Crippen LogP contribution in [0.5, 0.6) is 0 Å². The molecule has 114 valence electrons. The number of aromatic nitrogens is 4. The third-order valence-electron chi connectivity index (χ3n) is 4.34. The maximum absolute atomic E-state index is 12.7. The van der Waals surface area contributed by atoms with E-state index in [4.69, 9.17) is 0 Å². The zero-order valence-electron chi connectivity index (χ0n) is 12.0. The first kappa shape index (κ1) is 13.1. The van der Waals surface area contributed by atoms with Gasteiger partial charge in [-0.3, -0.25) is 14.7 Å². The maximum atomic E-state index is 12.7. The first-order valence-electron chi connectivity index (χ1n) is 7.29. The van der Waals surface area contributed by atoms with E-state index in [9.17, 15) is 9.59 Å². The van der Waals surface area contributed by atoms with Gasteiger partial charge in [0.15, 0.2) is 0 Å². The molecular weight excluding hydrogens is 284 g/mol. The van der Waals surface area contributed by atoms with Crippen molar-refractivity contribution in [3.05, 3.63) is 30.6 Å². The number of anilines is 1. The van der Waals surface area contributed by atoms with E-state index in [-0.39, 0.29) is 24.2 Å². The molecular formula is C14H16N6O2. The molecule has 0 saturated carbocycles.